The summed E-state index contributed by atoms with van der Waals surface area (Å²) in [6, 6.07) is 0. The topological polar surface area (TPSA) is 17.8 Å². The Labute approximate surface area is 105 Å². The first-order valence-corrected chi connectivity index (χ1v) is 6.68. The van der Waals surface area contributed by atoms with Crippen molar-refractivity contribution in [3.8, 4) is 0 Å². The van der Waals surface area contributed by atoms with Gasteiger partial charge in [-0.3, -0.25) is 4.68 Å². The van der Waals surface area contributed by atoms with E-state index in [0.717, 1.165) is 36.0 Å². The lowest BCUT2D eigenvalue weighted by molar-refractivity contribution is 0.597. The minimum absolute atomic E-state index is 0.275. The SMILES string of the molecule is CCC(Cl)CCc1c(Br)c(C)nn1CC. The predicted molar refractivity (Wildman–Crippen MR) is 68.6 cm³/mol. The summed E-state index contributed by atoms with van der Waals surface area (Å²) in [5.74, 6) is 0. The van der Waals surface area contributed by atoms with E-state index in [2.05, 4.69) is 39.6 Å². The largest absolute Gasteiger partial charge is 0.268 e. The van der Waals surface area contributed by atoms with Gasteiger partial charge in [0.15, 0.2) is 0 Å². The van der Waals surface area contributed by atoms with Gasteiger partial charge in [-0.05, 0) is 49.0 Å². The first kappa shape index (κ1) is 13.0. The van der Waals surface area contributed by atoms with Crippen molar-refractivity contribution < 1.29 is 0 Å². The second-order valence-corrected chi connectivity index (χ2v) is 5.12. The summed E-state index contributed by atoms with van der Waals surface area (Å²) in [4.78, 5) is 0. The van der Waals surface area contributed by atoms with Crippen LogP contribution >= 0.6 is 27.5 Å². The number of aryl methyl sites for hydroxylation is 2. The molecule has 0 aliphatic rings. The van der Waals surface area contributed by atoms with Gasteiger partial charge in [0.05, 0.1) is 15.9 Å². The van der Waals surface area contributed by atoms with E-state index in [4.69, 9.17) is 11.6 Å². The first-order valence-electron chi connectivity index (χ1n) is 5.45. The molecule has 2 nitrogen and oxygen atoms in total. The normalized spacial score (nSPS) is 13.1. The third-order valence-electron chi connectivity index (χ3n) is 2.59. The lowest BCUT2D eigenvalue weighted by Gasteiger charge is -2.08. The molecule has 0 aliphatic heterocycles. The number of aromatic nitrogens is 2. The van der Waals surface area contributed by atoms with Crippen LogP contribution in [0.2, 0.25) is 0 Å². The molecule has 0 aromatic carbocycles. The van der Waals surface area contributed by atoms with Crippen LogP contribution in [0.3, 0.4) is 0 Å². The summed E-state index contributed by atoms with van der Waals surface area (Å²) in [6.45, 7) is 7.17. The van der Waals surface area contributed by atoms with Gasteiger partial charge in [0.25, 0.3) is 0 Å². The number of rotatable bonds is 5. The Hall–Kier alpha value is -0.0200. The standard InChI is InChI=1S/C11H18BrClN2/c1-4-9(13)6-7-10-11(12)8(3)14-15(10)5-2/h9H,4-7H2,1-3H3. The van der Waals surface area contributed by atoms with E-state index in [9.17, 15) is 0 Å². The van der Waals surface area contributed by atoms with Crippen LogP contribution in [-0.4, -0.2) is 15.2 Å². The first-order chi connectivity index (χ1) is 7.10. The van der Waals surface area contributed by atoms with E-state index in [0.29, 0.717) is 0 Å². The predicted octanol–water partition coefficient (Wildman–Crippen LogP) is 3.92. The lowest BCUT2D eigenvalue weighted by Crippen LogP contribution is -2.06. The molecule has 1 atom stereocenters. The molecule has 0 saturated carbocycles. The van der Waals surface area contributed by atoms with E-state index >= 15 is 0 Å². The van der Waals surface area contributed by atoms with Crippen LogP contribution in [0.4, 0.5) is 0 Å². The molecule has 0 spiro atoms. The zero-order chi connectivity index (χ0) is 11.4. The monoisotopic (exact) mass is 292 g/mol. The average Bonchev–Trinajstić information content (AvgIpc) is 2.52. The Bertz CT molecular complexity index is 323. The minimum Gasteiger partial charge on any atom is -0.268 e. The maximum atomic E-state index is 6.12. The Morgan fingerprint density at radius 1 is 1.47 bits per heavy atom. The fraction of sp³-hybridized carbons (Fsp3) is 0.727. The molecule has 0 fully saturated rings. The zero-order valence-corrected chi connectivity index (χ0v) is 11.9. The zero-order valence-electron chi connectivity index (χ0n) is 9.56. The molecular weight excluding hydrogens is 275 g/mol. The molecule has 0 aliphatic carbocycles. The summed E-state index contributed by atoms with van der Waals surface area (Å²) in [6.07, 6.45) is 3.04. The molecule has 15 heavy (non-hydrogen) atoms. The third kappa shape index (κ3) is 3.22. The van der Waals surface area contributed by atoms with Crippen LogP contribution in [0.1, 0.15) is 38.1 Å². The van der Waals surface area contributed by atoms with Gasteiger partial charge in [-0.25, -0.2) is 0 Å². The highest BCUT2D eigenvalue weighted by Gasteiger charge is 2.13. The highest BCUT2D eigenvalue weighted by Crippen LogP contribution is 2.23. The summed E-state index contributed by atoms with van der Waals surface area (Å²) >= 11 is 9.71. The van der Waals surface area contributed by atoms with Gasteiger partial charge in [0.1, 0.15) is 0 Å². The quantitative estimate of drug-likeness (QED) is 0.752. The second-order valence-electron chi connectivity index (χ2n) is 3.71. The molecule has 1 aromatic rings. The van der Waals surface area contributed by atoms with Gasteiger partial charge in [-0.15, -0.1) is 11.6 Å². The van der Waals surface area contributed by atoms with Crippen molar-refractivity contribution in [3.05, 3.63) is 15.9 Å². The van der Waals surface area contributed by atoms with E-state index in [-0.39, 0.29) is 5.38 Å². The smallest absolute Gasteiger partial charge is 0.0738 e. The van der Waals surface area contributed by atoms with Gasteiger partial charge in [0, 0.05) is 11.9 Å². The fourth-order valence-electron chi connectivity index (χ4n) is 1.61. The molecule has 0 radical (unpaired) electrons. The molecule has 0 bridgehead atoms. The van der Waals surface area contributed by atoms with Crippen molar-refractivity contribution in [2.24, 2.45) is 0 Å². The highest BCUT2D eigenvalue weighted by molar-refractivity contribution is 9.10. The van der Waals surface area contributed by atoms with Gasteiger partial charge in [-0.1, -0.05) is 6.92 Å². The molecule has 1 rings (SSSR count). The van der Waals surface area contributed by atoms with Gasteiger partial charge in [0.2, 0.25) is 0 Å². The molecule has 0 N–H and O–H groups in total. The number of hydrogen-bond donors (Lipinski definition) is 0. The summed E-state index contributed by atoms with van der Waals surface area (Å²) in [7, 11) is 0. The molecule has 1 unspecified atom stereocenters. The molecular formula is C11H18BrClN2. The van der Waals surface area contributed by atoms with Gasteiger partial charge < -0.3 is 0 Å². The molecule has 1 aromatic heterocycles. The van der Waals surface area contributed by atoms with Crippen LogP contribution in [0.5, 0.6) is 0 Å². The van der Waals surface area contributed by atoms with Gasteiger partial charge in [-0.2, -0.15) is 5.10 Å². The summed E-state index contributed by atoms with van der Waals surface area (Å²) in [5.41, 5.74) is 2.34. The molecule has 86 valence electrons. The van der Waals surface area contributed by atoms with E-state index in [1.807, 2.05) is 6.92 Å². The van der Waals surface area contributed by atoms with Crippen molar-refractivity contribution in [1.29, 1.82) is 0 Å². The summed E-state index contributed by atoms with van der Waals surface area (Å²) < 4.78 is 3.20. The van der Waals surface area contributed by atoms with Crippen molar-refractivity contribution in [2.45, 2.75) is 52.0 Å². The molecule has 1 heterocycles. The number of halogens is 2. The second kappa shape index (κ2) is 5.90. The van der Waals surface area contributed by atoms with Crippen LogP contribution in [0, 0.1) is 6.92 Å². The minimum atomic E-state index is 0.275. The molecule has 0 saturated heterocycles. The maximum Gasteiger partial charge on any atom is 0.0738 e. The number of nitrogens with zero attached hydrogens (tertiary/aromatic N) is 2. The Morgan fingerprint density at radius 3 is 2.67 bits per heavy atom. The van der Waals surface area contributed by atoms with Crippen molar-refractivity contribution >= 4 is 27.5 Å². The highest BCUT2D eigenvalue weighted by atomic mass is 79.9. The van der Waals surface area contributed by atoms with E-state index < -0.39 is 0 Å². The van der Waals surface area contributed by atoms with Crippen molar-refractivity contribution in [1.82, 2.24) is 9.78 Å². The Balaban J connectivity index is 2.74. The number of alkyl halides is 1. The Morgan fingerprint density at radius 2 is 2.13 bits per heavy atom. The molecule has 4 heteroatoms. The van der Waals surface area contributed by atoms with E-state index in [1.54, 1.807) is 0 Å². The maximum absolute atomic E-state index is 6.12. The third-order valence-corrected chi connectivity index (χ3v) is 4.15. The van der Waals surface area contributed by atoms with Crippen molar-refractivity contribution in [2.75, 3.05) is 0 Å². The van der Waals surface area contributed by atoms with Crippen LogP contribution in [-0.2, 0) is 13.0 Å². The van der Waals surface area contributed by atoms with Crippen molar-refractivity contribution in [3.63, 3.8) is 0 Å². The average molecular weight is 294 g/mol. The Kier molecular flexibility index (Phi) is 5.13. The summed E-state index contributed by atoms with van der Waals surface area (Å²) in [5, 5.41) is 4.73. The molecule has 0 amide bonds. The lowest BCUT2D eigenvalue weighted by atomic mass is 10.1. The van der Waals surface area contributed by atoms with Crippen LogP contribution in [0.25, 0.3) is 0 Å². The number of hydrogen-bond acceptors (Lipinski definition) is 1. The van der Waals surface area contributed by atoms with Gasteiger partial charge >= 0.3 is 0 Å². The van der Waals surface area contributed by atoms with Crippen LogP contribution in [0.15, 0.2) is 4.47 Å². The fourth-order valence-corrected chi connectivity index (χ4v) is 2.20. The van der Waals surface area contributed by atoms with E-state index in [1.165, 1.54) is 5.69 Å². The van der Waals surface area contributed by atoms with Crippen LogP contribution < -0.4 is 0 Å².